The van der Waals surface area contributed by atoms with Crippen LogP contribution in [0.5, 0.6) is 0 Å². The lowest BCUT2D eigenvalue weighted by Gasteiger charge is -2.07. The molecule has 9 nitrogen and oxygen atoms in total. The number of ketones is 1. The third-order valence-electron chi connectivity index (χ3n) is 4.30. The predicted octanol–water partition coefficient (Wildman–Crippen LogP) is 2.92. The summed E-state index contributed by atoms with van der Waals surface area (Å²) in [6.45, 7) is 5.02. The highest BCUT2D eigenvalue weighted by Crippen LogP contribution is 2.21. The molecule has 0 aliphatic heterocycles. The first kappa shape index (κ1) is 19.9. The molecule has 0 saturated carbocycles. The Hall–Kier alpha value is -3.88. The summed E-state index contributed by atoms with van der Waals surface area (Å²) in [5, 5.41) is 6.37. The Morgan fingerprint density at radius 2 is 1.83 bits per heavy atom. The van der Waals surface area contributed by atoms with Crippen molar-refractivity contribution in [1.29, 1.82) is 0 Å². The van der Waals surface area contributed by atoms with E-state index in [1.165, 1.54) is 24.3 Å². The van der Waals surface area contributed by atoms with Crippen LogP contribution in [0.2, 0.25) is 0 Å². The molecule has 0 fully saturated rings. The summed E-state index contributed by atoms with van der Waals surface area (Å²) < 4.78 is 12.0. The number of aryl methyl sites for hydroxylation is 2. The molecule has 2 amide bonds. The molecular formula is C20H20N4O5. The normalized spacial score (nSPS) is 10.6. The quantitative estimate of drug-likeness (QED) is 0.487. The first-order valence-electron chi connectivity index (χ1n) is 8.75. The number of nitrogens with two attached hydrogens (primary N) is 1. The number of urea groups is 1. The van der Waals surface area contributed by atoms with Gasteiger partial charge >= 0.3 is 12.0 Å². The number of carbonyl (C=O) groups is 3. The third-order valence-corrected chi connectivity index (χ3v) is 4.30. The first-order chi connectivity index (χ1) is 13.8. The second-order valence-corrected chi connectivity index (χ2v) is 6.48. The van der Waals surface area contributed by atoms with Gasteiger partial charge in [0.1, 0.15) is 5.76 Å². The summed E-state index contributed by atoms with van der Waals surface area (Å²) >= 11 is 0. The van der Waals surface area contributed by atoms with Crippen molar-refractivity contribution in [3.05, 3.63) is 64.7 Å². The van der Waals surface area contributed by atoms with E-state index in [0.717, 1.165) is 5.69 Å². The number of rotatable bonds is 6. The number of nitrogens with one attached hydrogen (secondary N) is 1. The lowest BCUT2D eigenvalue weighted by atomic mass is 10.1. The number of nitrogens with zero attached hydrogens (tertiary/aromatic N) is 2. The minimum Gasteiger partial charge on any atom is -0.454 e. The number of anilines is 1. The van der Waals surface area contributed by atoms with Crippen LogP contribution in [0.15, 0.2) is 40.9 Å². The van der Waals surface area contributed by atoms with Gasteiger partial charge in [-0.15, -0.1) is 0 Å². The summed E-state index contributed by atoms with van der Waals surface area (Å²) in [4.78, 5) is 35.6. The maximum Gasteiger partial charge on any atom is 0.338 e. The molecule has 150 valence electrons. The molecule has 0 saturated heterocycles. The standard InChI is InChI=1S/C20H20N4O5/c1-11-8-16(13(3)24(11)18-9-12(2)29-23-18)17(25)10-28-19(26)14-4-6-15(7-5-14)22-20(21)27/h4-9H,10H2,1-3H3,(H3,21,22,27). The van der Waals surface area contributed by atoms with Gasteiger partial charge in [-0.25, -0.2) is 9.59 Å². The summed E-state index contributed by atoms with van der Waals surface area (Å²) in [5.41, 5.74) is 7.65. The van der Waals surface area contributed by atoms with Gasteiger partial charge in [0.2, 0.25) is 5.78 Å². The fourth-order valence-corrected chi connectivity index (χ4v) is 2.98. The number of ether oxygens (including phenoxy) is 1. The topological polar surface area (TPSA) is 129 Å². The molecule has 29 heavy (non-hydrogen) atoms. The fourth-order valence-electron chi connectivity index (χ4n) is 2.98. The summed E-state index contributed by atoms with van der Waals surface area (Å²) in [5.74, 6) is 0.263. The highest BCUT2D eigenvalue weighted by molar-refractivity contribution is 6.00. The monoisotopic (exact) mass is 396 g/mol. The zero-order valence-corrected chi connectivity index (χ0v) is 16.2. The third kappa shape index (κ3) is 4.34. The van der Waals surface area contributed by atoms with Crippen LogP contribution in [0.3, 0.4) is 0 Å². The lowest BCUT2D eigenvalue weighted by molar-refractivity contribution is 0.0474. The number of primary amides is 1. The van der Waals surface area contributed by atoms with Crippen molar-refractivity contribution in [2.75, 3.05) is 11.9 Å². The van der Waals surface area contributed by atoms with Crippen molar-refractivity contribution in [3.8, 4) is 5.82 Å². The number of amides is 2. The largest absolute Gasteiger partial charge is 0.454 e. The van der Waals surface area contributed by atoms with E-state index in [4.69, 9.17) is 15.0 Å². The predicted molar refractivity (Wildman–Crippen MR) is 104 cm³/mol. The molecule has 3 rings (SSSR count). The van der Waals surface area contributed by atoms with E-state index in [-0.39, 0.29) is 11.3 Å². The Morgan fingerprint density at radius 3 is 2.41 bits per heavy atom. The lowest BCUT2D eigenvalue weighted by Crippen LogP contribution is -2.19. The van der Waals surface area contributed by atoms with Crippen LogP contribution in [0.1, 0.15) is 37.9 Å². The van der Waals surface area contributed by atoms with Gasteiger partial charge in [0.05, 0.1) is 5.56 Å². The van der Waals surface area contributed by atoms with E-state index in [1.54, 1.807) is 30.5 Å². The number of carbonyl (C=O) groups excluding carboxylic acids is 3. The molecule has 0 atom stereocenters. The van der Waals surface area contributed by atoms with Crippen LogP contribution in [0.4, 0.5) is 10.5 Å². The molecule has 0 aliphatic carbocycles. The van der Waals surface area contributed by atoms with Crippen molar-refractivity contribution in [3.63, 3.8) is 0 Å². The van der Waals surface area contributed by atoms with Crippen LogP contribution < -0.4 is 11.1 Å². The maximum absolute atomic E-state index is 12.6. The van der Waals surface area contributed by atoms with Crippen molar-refractivity contribution in [1.82, 2.24) is 9.72 Å². The van der Waals surface area contributed by atoms with Crippen LogP contribution >= 0.6 is 0 Å². The number of hydrogen-bond acceptors (Lipinski definition) is 6. The molecule has 3 aromatic rings. The number of aromatic nitrogens is 2. The van der Waals surface area contributed by atoms with E-state index >= 15 is 0 Å². The van der Waals surface area contributed by atoms with E-state index in [2.05, 4.69) is 10.5 Å². The number of benzene rings is 1. The van der Waals surface area contributed by atoms with E-state index in [0.29, 0.717) is 28.5 Å². The molecule has 2 heterocycles. The molecule has 0 bridgehead atoms. The summed E-state index contributed by atoms with van der Waals surface area (Å²) in [6.07, 6.45) is 0. The molecule has 3 N–H and O–H groups in total. The maximum atomic E-state index is 12.6. The Bertz CT molecular complexity index is 1080. The smallest absolute Gasteiger partial charge is 0.338 e. The molecule has 9 heteroatoms. The Kier molecular flexibility index (Phi) is 5.49. The molecule has 0 spiro atoms. The Morgan fingerprint density at radius 1 is 1.14 bits per heavy atom. The zero-order valence-electron chi connectivity index (χ0n) is 16.2. The van der Waals surface area contributed by atoms with Crippen LogP contribution in [-0.4, -0.2) is 34.1 Å². The Balaban J connectivity index is 1.68. The molecule has 0 unspecified atom stereocenters. The molecule has 0 radical (unpaired) electrons. The average Bonchev–Trinajstić information content (AvgIpc) is 3.22. The van der Waals surface area contributed by atoms with Crippen LogP contribution in [0.25, 0.3) is 5.82 Å². The van der Waals surface area contributed by atoms with Gasteiger partial charge in [0.15, 0.2) is 12.4 Å². The number of esters is 1. The van der Waals surface area contributed by atoms with Gasteiger partial charge in [-0.3, -0.25) is 9.36 Å². The molecule has 1 aromatic carbocycles. The van der Waals surface area contributed by atoms with Crippen LogP contribution in [0, 0.1) is 20.8 Å². The van der Waals surface area contributed by atoms with Gasteiger partial charge < -0.3 is 20.3 Å². The van der Waals surface area contributed by atoms with Crippen molar-refractivity contribution < 1.29 is 23.6 Å². The summed E-state index contributed by atoms with van der Waals surface area (Å²) in [6, 6.07) is 8.75. The second-order valence-electron chi connectivity index (χ2n) is 6.48. The van der Waals surface area contributed by atoms with Gasteiger partial charge in [-0.05, 0) is 51.1 Å². The minimum absolute atomic E-state index is 0.247. The highest BCUT2D eigenvalue weighted by atomic mass is 16.5. The fraction of sp³-hybridized carbons (Fsp3) is 0.200. The average molecular weight is 396 g/mol. The van der Waals surface area contributed by atoms with Gasteiger partial charge in [0, 0.05) is 28.7 Å². The number of hydrogen-bond donors (Lipinski definition) is 2. The van der Waals surface area contributed by atoms with Gasteiger partial charge in [0.25, 0.3) is 0 Å². The SMILES string of the molecule is Cc1cc(-n2c(C)cc(C(=O)COC(=O)c3ccc(NC(N)=O)cc3)c2C)no1. The van der Waals surface area contributed by atoms with E-state index in [1.807, 2.05) is 6.92 Å². The first-order valence-corrected chi connectivity index (χ1v) is 8.75. The van der Waals surface area contributed by atoms with Gasteiger partial charge in [-0.1, -0.05) is 5.16 Å². The van der Waals surface area contributed by atoms with Crippen molar-refractivity contribution in [2.45, 2.75) is 20.8 Å². The van der Waals surface area contributed by atoms with Crippen molar-refractivity contribution in [2.24, 2.45) is 5.73 Å². The zero-order chi connectivity index (χ0) is 21.1. The Labute approximate surface area is 166 Å². The van der Waals surface area contributed by atoms with Crippen molar-refractivity contribution >= 4 is 23.5 Å². The molecule has 0 aliphatic rings. The van der Waals surface area contributed by atoms with Crippen LogP contribution in [-0.2, 0) is 4.74 Å². The minimum atomic E-state index is -0.704. The molecular weight excluding hydrogens is 376 g/mol. The van der Waals surface area contributed by atoms with Gasteiger partial charge in [-0.2, -0.15) is 0 Å². The number of Topliss-reactive ketones (excluding diaryl/α,β-unsaturated/α-hetero) is 1. The van der Waals surface area contributed by atoms with E-state index in [9.17, 15) is 14.4 Å². The summed E-state index contributed by atoms with van der Waals surface area (Å²) in [7, 11) is 0. The highest BCUT2D eigenvalue weighted by Gasteiger charge is 2.20. The van der Waals surface area contributed by atoms with E-state index < -0.39 is 18.6 Å². The molecule has 2 aromatic heterocycles. The second kappa shape index (κ2) is 8.01.